The number of amides is 3. The molecule has 0 radical (unpaired) electrons. The van der Waals surface area contributed by atoms with Crippen molar-refractivity contribution in [3.05, 3.63) is 71.3 Å². The Morgan fingerprint density at radius 3 is 2.27 bits per heavy atom. The second kappa shape index (κ2) is 13.8. The number of carbonyl (C=O) groups is 3. The maximum atomic E-state index is 13.9. The zero-order valence-electron chi connectivity index (χ0n) is 22.2. The number of hydrogen-bond acceptors (Lipinski definition) is 5. The molecule has 3 unspecified atom stereocenters. The molecule has 37 heavy (non-hydrogen) atoms. The van der Waals surface area contributed by atoms with Crippen LogP contribution in [0.4, 0.5) is 4.79 Å². The monoisotopic (exact) mass is 523 g/mol. The fraction of sp³-hybridized carbons (Fsp3) is 0.414. The van der Waals surface area contributed by atoms with Gasteiger partial charge in [-0.1, -0.05) is 61.4 Å². The molecule has 0 bridgehead atoms. The van der Waals surface area contributed by atoms with Gasteiger partial charge < -0.3 is 20.3 Å². The van der Waals surface area contributed by atoms with E-state index >= 15 is 0 Å². The van der Waals surface area contributed by atoms with E-state index in [1.54, 1.807) is 45.0 Å². The third kappa shape index (κ3) is 8.57. The topological polar surface area (TPSA) is 87.7 Å². The number of benzene rings is 2. The highest BCUT2D eigenvalue weighted by molar-refractivity contribution is 7.80. The molecule has 2 rings (SSSR count). The molecule has 0 saturated carbocycles. The summed E-state index contributed by atoms with van der Waals surface area (Å²) in [7, 11) is 0. The number of nitrogens with one attached hydrogen (secondary N) is 2. The van der Waals surface area contributed by atoms with Crippen LogP contribution in [0.15, 0.2) is 54.6 Å². The second-order valence-corrected chi connectivity index (χ2v) is 10.1. The normalized spacial score (nSPS) is 13.4. The summed E-state index contributed by atoms with van der Waals surface area (Å²) in [5, 5.41) is 5.57. The molecule has 0 aromatic heterocycles. The van der Waals surface area contributed by atoms with Crippen LogP contribution in [-0.4, -0.2) is 46.2 Å². The van der Waals surface area contributed by atoms with Crippen LogP contribution in [0.2, 0.25) is 0 Å². The fourth-order valence-corrected chi connectivity index (χ4v) is 4.02. The van der Waals surface area contributed by atoms with E-state index in [0.29, 0.717) is 17.5 Å². The van der Waals surface area contributed by atoms with Crippen LogP contribution in [0.25, 0.3) is 0 Å². The minimum Gasteiger partial charge on any atom is -0.444 e. The molecular weight excluding hydrogens is 486 g/mol. The number of hydrogen-bond donors (Lipinski definition) is 3. The minimum absolute atomic E-state index is 0.0140. The molecule has 2 aromatic rings. The van der Waals surface area contributed by atoms with E-state index in [0.717, 1.165) is 5.56 Å². The van der Waals surface area contributed by atoms with Crippen molar-refractivity contribution in [3.63, 3.8) is 0 Å². The molecule has 2 N–H and O–H groups in total. The molecule has 2 aromatic carbocycles. The number of ether oxygens (including phenoxy) is 1. The SMILES string of the molecule is C#Cc1ccccc1C(C(=O)NCc1ccccc1)N(C(=O)C(CS)NC(=O)OC(C)(C)C)C(C)CC. The Balaban J connectivity index is 2.49. The molecule has 3 atom stereocenters. The van der Waals surface area contributed by atoms with Crippen LogP contribution in [0.3, 0.4) is 0 Å². The van der Waals surface area contributed by atoms with Gasteiger partial charge in [-0.3, -0.25) is 9.59 Å². The Bertz CT molecular complexity index is 1110. The third-order valence-electron chi connectivity index (χ3n) is 5.74. The second-order valence-electron chi connectivity index (χ2n) is 9.72. The van der Waals surface area contributed by atoms with Crippen molar-refractivity contribution in [2.24, 2.45) is 0 Å². The fourth-order valence-electron chi connectivity index (χ4n) is 3.78. The van der Waals surface area contributed by atoms with E-state index in [4.69, 9.17) is 11.2 Å². The maximum Gasteiger partial charge on any atom is 0.408 e. The highest BCUT2D eigenvalue weighted by Crippen LogP contribution is 2.29. The summed E-state index contributed by atoms with van der Waals surface area (Å²) < 4.78 is 5.34. The van der Waals surface area contributed by atoms with Gasteiger partial charge in [-0.2, -0.15) is 12.6 Å². The predicted octanol–water partition coefficient (Wildman–Crippen LogP) is 4.48. The number of rotatable bonds is 10. The Morgan fingerprint density at radius 1 is 1.08 bits per heavy atom. The smallest absolute Gasteiger partial charge is 0.408 e. The van der Waals surface area contributed by atoms with Crippen LogP contribution in [-0.2, 0) is 20.9 Å². The lowest BCUT2D eigenvalue weighted by atomic mass is 9.96. The summed E-state index contributed by atoms with van der Waals surface area (Å²) in [6, 6.07) is 14.1. The molecular formula is C29H37N3O4S. The zero-order valence-corrected chi connectivity index (χ0v) is 23.0. The van der Waals surface area contributed by atoms with Gasteiger partial charge in [0.05, 0.1) is 0 Å². The maximum absolute atomic E-state index is 13.9. The number of thiol groups is 1. The van der Waals surface area contributed by atoms with Crippen LogP contribution < -0.4 is 10.6 Å². The number of terminal acetylenes is 1. The van der Waals surface area contributed by atoms with E-state index in [2.05, 4.69) is 29.2 Å². The molecule has 7 nitrogen and oxygen atoms in total. The van der Waals surface area contributed by atoms with Gasteiger partial charge in [-0.25, -0.2) is 4.79 Å². The van der Waals surface area contributed by atoms with Crippen molar-refractivity contribution in [3.8, 4) is 12.3 Å². The van der Waals surface area contributed by atoms with Crippen LogP contribution in [0.1, 0.15) is 63.8 Å². The summed E-state index contributed by atoms with van der Waals surface area (Å²) in [6.07, 6.45) is 5.61. The summed E-state index contributed by atoms with van der Waals surface area (Å²) in [5.41, 5.74) is 1.21. The van der Waals surface area contributed by atoms with Crippen molar-refractivity contribution >= 4 is 30.5 Å². The first-order chi connectivity index (χ1) is 17.5. The Hall–Kier alpha value is -3.44. The zero-order chi connectivity index (χ0) is 27.6. The summed E-state index contributed by atoms with van der Waals surface area (Å²) in [5.74, 6) is 1.81. The average Bonchev–Trinajstić information content (AvgIpc) is 2.87. The first kappa shape index (κ1) is 29.8. The van der Waals surface area contributed by atoms with E-state index < -0.39 is 29.7 Å². The van der Waals surface area contributed by atoms with Crippen LogP contribution >= 0.6 is 12.6 Å². The van der Waals surface area contributed by atoms with Crippen molar-refractivity contribution < 1.29 is 19.1 Å². The number of nitrogens with zero attached hydrogens (tertiary/aromatic N) is 1. The van der Waals surface area contributed by atoms with E-state index in [9.17, 15) is 14.4 Å². The molecule has 0 fully saturated rings. The van der Waals surface area contributed by atoms with Gasteiger partial charge in [0.1, 0.15) is 17.7 Å². The van der Waals surface area contributed by atoms with Crippen LogP contribution in [0.5, 0.6) is 0 Å². The standard InChI is InChI=1S/C29H37N3O4S/c1-7-20(3)32(27(34)24(19-37)31-28(35)36-29(4,5)6)25(23-17-13-12-16-22(23)8-2)26(33)30-18-21-14-10-9-11-15-21/h2,9-17,20,24-25,37H,7,18-19H2,1,3-6H3,(H,30,33)(H,31,35). The largest absolute Gasteiger partial charge is 0.444 e. The first-order valence-corrected chi connectivity index (χ1v) is 12.9. The highest BCUT2D eigenvalue weighted by atomic mass is 32.1. The van der Waals surface area contributed by atoms with Gasteiger partial charge >= 0.3 is 6.09 Å². The molecule has 0 spiro atoms. The summed E-state index contributed by atoms with van der Waals surface area (Å²) >= 11 is 4.32. The Labute approximate surface area is 225 Å². The average molecular weight is 524 g/mol. The molecule has 8 heteroatoms. The van der Waals surface area contributed by atoms with Gasteiger partial charge in [0.15, 0.2) is 0 Å². The van der Waals surface area contributed by atoms with Gasteiger partial charge in [0, 0.05) is 23.9 Å². The lowest BCUT2D eigenvalue weighted by Crippen LogP contribution is -2.56. The van der Waals surface area contributed by atoms with Crippen molar-refractivity contribution in [2.75, 3.05) is 5.75 Å². The third-order valence-corrected chi connectivity index (χ3v) is 6.10. The summed E-state index contributed by atoms with van der Waals surface area (Å²) in [4.78, 5) is 41.7. The van der Waals surface area contributed by atoms with Gasteiger partial charge in [-0.05, 0) is 51.3 Å². The van der Waals surface area contributed by atoms with Crippen molar-refractivity contribution in [1.29, 1.82) is 0 Å². The Morgan fingerprint density at radius 2 is 1.70 bits per heavy atom. The van der Waals surface area contributed by atoms with E-state index in [1.165, 1.54) is 4.90 Å². The first-order valence-electron chi connectivity index (χ1n) is 12.3. The molecule has 0 heterocycles. The highest BCUT2D eigenvalue weighted by Gasteiger charge is 2.38. The summed E-state index contributed by atoms with van der Waals surface area (Å²) in [6.45, 7) is 9.27. The van der Waals surface area contributed by atoms with Crippen LogP contribution in [0, 0.1) is 12.3 Å². The number of alkyl carbamates (subject to hydrolysis) is 1. The molecule has 198 valence electrons. The molecule has 0 aliphatic carbocycles. The molecule has 0 aliphatic rings. The molecule has 0 aliphatic heterocycles. The van der Waals surface area contributed by atoms with Gasteiger partial charge in [0.25, 0.3) is 0 Å². The number of carbonyl (C=O) groups excluding carboxylic acids is 3. The molecule has 0 saturated heterocycles. The quantitative estimate of drug-likeness (QED) is 0.317. The minimum atomic E-state index is -1.03. The predicted molar refractivity (Wildman–Crippen MR) is 149 cm³/mol. The van der Waals surface area contributed by atoms with Crippen molar-refractivity contribution in [2.45, 2.75) is 71.3 Å². The van der Waals surface area contributed by atoms with E-state index in [-0.39, 0.29) is 24.2 Å². The van der Waals surface area contributed by atoms with Gasteiger partial charge in [0.2, 0.25) is 11.8 Å². The van der Waals surface area contributed by atoms with Gasteiger partial charge in [-0.15, -0.1) is 6.42 Å². The lowest BCUT2D eigenvalue weighted by Gasteiger charge is -2.38. The Kier molecular flexibility index (Phi) is 11.1. The molecule has 3 amide bonds. The lowest BCUT2D eigenvalue weighted by molar-refractivity contribution is -0.144. The van der Waals surface area contributed by atoms with Crippen molar-refractivity contribution in [1.82, 2.24) is 15.5 Å². The van der Waals surface area contributed by atoms with E-state index in [1.807, 2.05) is 44.2 Å².